The number of nitrogens with zero attached hydrogens (tertiary/aromatic N) is 3. The Labute approximate surface area is 287 Å². The molecule has 0 aliphatic carbocycles. The molecule has 0 aromatic carbocycles. The van der Waals surface area contributed by atoms with Crippen molar-refractivity contribution in [3.63, 3.8) is 0 Å². The highest BCUT2D eigenvalue weighted by molar-refractivity contribution is 5.94. The minimum absolute atomic E-state index is 0.00174. The third-order valence-electron chi connectivity index (χ3n) is 9.39. The quantitative estimate of drug-likeness (QED) is 0.298. The van der Waals surface area contributed by atoms with Gasteiger partial charge in [0.2, 0.25) is 6.10 Å². The normalized spacial score (nSPS) is 28.4. The van der Waals surface area contributed by atoms with Crippen molar-refractivity contribution in [2.45, 2.75) is 138 Å². The molecule has 1 saturated heterocycles. The predicted octanol–water partition coefficient (Wildman–Crippen LogP) is 3.05. The Bertz CT molecular complexity index is 1170. The highest BCUT2D eigenvalue weighted by atomic mass is 16.6. The molecule has 8 atom stereocenters. The van der Waals surface area contributed by atoms with Crippen LogP contribution in [0.4, 0.5) is 0 Å². The Balaban J connectivity index is 4.07. The van der Waals surface area contributed by atoms with Crippen molar-refractivity contribution in [3.05, 3.63) is 0 Å². The largest absolute Gasteiger partial charge is 0.450 e. The van der Waals surface area contributed by atoms with E-state index in [1.54, 1.807) is 69.2 Å². The lowest BCUT2D eigenvalue weighted by Crippen LogP contribution is -2.60. The predicted molar refractivity (Wildman–Crippen MR) is 179 cm³/mol. The molecular formula is C35H61N3O10. The lowest BCUT2D eigenvalue weighted by atomic mass is 9.92. The summed E-state index contributed by atoms with van der Waals surface area (Å²) in [6.07, 6.45) is -3.97. The Morgan fingerprint density at radius 2 is 0.917 bits per heavy atom. The maximum atomic E-state index is 14.1. The summed E-state index contributed by atoms with van der Waals surface area (Å²) in [5.41, 5.74) is -1.86. The maximum Gasteiger partial charge on any atom is 0.330 e. The van der Waals surface area contributed by atoms with E-state index in [9.17, 15) is 33.9 Å². The van der Waals surface area contributed by atoms with Crippen LogP contribution in [0.1, 0.15) is 95.9 Å². The van der Waals surface area contributed by atoms with Crippen molar-refractivity contribution in [2.75, 3.05) is 21.1 Å². The summed E-state index contributed by atoms with van der Waals surface area (Å²) in [5.74, 6) is -7.36. The van der Waals surface area contributed by atoms with Gasteiger partial charge in [-0.1, -0.05) is 76.2 Å². The van der Waals surface area contributed by atoms with Crippen molar-refractivity contribution >= 4 is 35.6 Å². The second-order valence-corrected chi connectivity index (χ2v) is 14.8. The molecule has 13 nitrogen and oxygen atoms in total. The molecule has 0 radical (unpaired) electrons. The zero-order valence-electron chi connectivity index (χ0n) is 31.7. The Kier molecular flexibility index (Phi) is 15.6. The first kappa shape index (κ1) is 42.8. The molecule has 1 rings (SSSR count). The van der Waals surface area contributed by atoms with Crippen molar-refractivity contribution in [1.29, 1.82) is 0 Å². The van der Waals surface area contributed by atoms with Gasteiger partial charge in [0.25, 0.3) is 17.7 Å². The number of esters is 3. The van der Waals surface area contributed by atoms with Gasteiger partial charge in [0.05, 0.1) is 0 Å². The minimum Gasteiger partial charge on any atom is -0.450 e. The topological polar surface area (TPSA) is 160 Å². The molecule has 1 heterocycles. The molecule has 0 saturated carbocycles. The summed E-state index contributed by atoms with van der Waals surface area (Å²) >= 11 is 0. The molecule has 48 heavy (non-hydrogen) atoms. The molecule has 0 aromatic heterocycles. The fourth-order valence-corrected chi connectivity index (χ4v) is 5.93. The highest BCUT2D eigenvalue weighted by Gasteiger charge is 2.48. The molecule has 1 N–H and O–H groups in total. The molecule has 0 spiro atoms. The number of carbonyl (C=O) groups excluding carboxylic acids is 6. The highest BCUT2D eigenvalue weighted by Crippen LogP contribution is 2.27. The van der Waals surface area contributed by atoms with Crippen LogP contribution in [0, 0.1) is 29.6 Å². The van der Waals surface area contributed by atoms with E-state index in [1.165, 1.54) is 33.0 Å². The second-order valence-electron chi connectivity index (χ2n) is 14.8. The van der Waals surface area contributed by atoms with E-state index in [2.05, 4.69) is 0 Å². The number of ether oxygens (including phenoxy) is 3. The first-order valence-electron chi connectivity index (χ1n) is 17.1. The number of amides is 3. The number of carbonyl (C=O) groups is 6. The van der Waals surface area contributed by atoms with Crippen LogP contribution in [-0.2, 0) is 43.0 Å². The van der Waals surface area contributed by atoms with Crippen LogP contribution in [0.5, 0.6) is 0 Å². The molecule has 8 unspecified atom stereocenters. The first-order chi connectivity index (χ1) is 22.0. The van der Waals surface area contributed by atoms with E-state index in [0.29, 0.717) is 6.42 Å². The van der Waals surface area contributed by atoms with E-state index in [4.69, 9.17) is 14.2 Å². The molecule has 0 aromatic rings. The number of hydrogen-bond donors (Lipinski definition) is 1. The van der Waals surface area contributed by atoms with Gasteiger partial charge in [-0.2, -0.15) is 0 Å². The third kappa shape index (κ3) is 9.69. The summed E-state index contributed by atoms with van der Waals surface area (Å²) in [6, 6.07) is -3.62. The summed E-state index contributed by atoms with van der Waals surface area (Å²) < 4.78 is 17.5. The van der Waals surface area contributed by atoms with E-state index in [1.807, 2.05) is 6.92 Å². The summed E-state index contributed by atoms with van der Waals surface area (Å²) in [7, 11) is 4.15. The molecular weight excluding hydrogens is 622 g/mol. The van der Waals surface area contributed by atoms with Gasteiger partial charge in [0, 0.05) is 27.1 Å². The number of aliphatic hydroxyl groups is 1. The molecule has 1 aliphatic rings. The number of cyclic esters (lactones) is 3. The van der Waals surface area contributed by atoms with Crippen molar-refractivity contribution in [1.82, 2.24) is 14.7 Å². The number of likely N-dealkylation sites (N-methyl/N-ethyl adjacent to an activating group) is 3. The van der Waals surface area contributed by atoms with Crippen LogP contribution in [0.2, 0.25) is 0 Å². The smallest absolute Gasteiger partial charge is 0.330 e. The van der Waals surface area contributed by atoms with Gasteiger partial charge in [-0.3, -0.25) is 14.4 Å². The van der Waals surface area contributed by atoms with Crippen molar-refractivity contribution in [3.8, 4) is 0 Å². The van der Waals surface area contributed by atoms with Gasteiger partial charge in [0.15, 0.2) is 12.2 Å². The van der Waals surface area contributed by atoms with E-state index < -0.39 is 107 Å². The number of hydrogen-bond acceptors (Lipinski definition) is 10. The average molecular weight is 684 g/mol. The Morgan fingerprint density at radius 1 is 0.583 bits per heavy atom. The van der Waals surface area contributed by atoms with Crippen molar-refractivity contribution in [2.24, 2.45) is 29.6 Å². The lowest BCUT2D eigenvalue weighted by Gasteiger charge is -2.40. The van der Waals surface area contributed by atoms with Gasteiger partial charge in [-0.05, 0) is 43.4 Å². The summed E-state index contributed by atoms with van der Waals surface area (Å²) in [6.45, 7) is 20.1. The third-order valence-corrected chi connectivity index (χ3v) is 9.39. The van der Waals surface area contributed by atoms with Crippen LogP contribution in [-0.4, -0.2) is 119 Å². The van der Waals surface area contributed by atoms with Crippen molar-refractivity contribution < 1.29 is 48.1 Å². The summed E-state index contributed by atoms with van der Waals surface area (Å²) in [5, 5.41) is 11.3. The molecule has 0 bridgehead atoms. The van der Waals surface area contributed by atoms with Crippen LogP contribution in [0.25, 0.3) is 0 Å². The first-order valence-corrected chi connectivity index (χ1v) is 17.1. The maximum absolute atomic E-state index is 14.1. The molecule has 1 fully saturated rings. The van der Waals surface area contributed by atoms with Gasteiger partial charge < -0.3 is 34.0 Å². The summed E-state index contributed by atoms with van der Waals surface area (Å²) in [4.78, 5) is 87.2. The van der Waals surface area contributed by atoms with E-state index in [-0.39, 0.29) is 6.42 Å². The Hall–Kier alpha value is -3.22. The fraction of sp³-hybridized carbons (Fsp3) is 0.829. The standard InChI is InChI=1S/C35H61N3O10/c1-16-22(11)27-30(40)37(14)23(18(3)4)32(42)46-26(21(9)10)29(39)36(13)25(20(7)8)34(44)48-28(35(12,45)17-2)31(41)38(15)24(19(5)6)33(43)47-27/h18-28,45H,16-17H2,1-15H3. The van der Waals surface area contributed by atoms with Crippen LogP contribution < -0.4 is 0 Å². The van der Waals surface area contributed by atoms with Crippen LogP contribution >= 0.6 is 0 Å². The monoisotopic (exact) mass is 683 g/mol. The zero-order chi connectivity index (χ0) is 37.6. The lowest BCUT2D eigenvalue weighted by molar-refractivity contribution is -0.188. The molecule has 1 aliphatic heterocycles. The van der Waals surface area contributed by atoms with Gasteiger partial charge in [-0.15, -0.1) is 0 Å². The van der Waals surface area contributed by atoms with Gasteiger partial charge in [0.1, 0.15) is 23.7 Å². The van der Waals surface area contributed by atoms with Gasteiger partial charge >= 0.3 is 17.9 Å². The van der Waals surface area contributed by atoms with E-state index >= 15 is 0 Å². The second kappa shape index (κ2) is 17.4. The molecule has 276 valence electrons. The van der Waals surface area contributed by atoms with Crippen LogP contribution in [0.15, 0.2) is 0 Å². The zero-order valence-corrected chi connectivity index (χ0v) is 31.7. The fourth-order valence-electron chi connectivity index (χ4n) is 5.93. The average Bonchev–Trinajstić information content (AvgIpc) is 2.98. The van der Waals surface area contributed by atoms with Gasteiger partial charge in [-0.25, -0.2) is 14.4 Å². The molecule has 3 amide bonds. The number of rotatable bonds is 8. The minimum atomic E-state index is -1.86. The van der Waals surface area contributed by atoms with E-state index in [0.717, 1.165) is 9.80 Å². The molecule has 13 heteroatoms. The van der Waals surface area contributed by atoms with Crippen LogP contribution in [0.3, 0.4) is 0 Å². The Morgan fingerprint density at radius 3 is 1.25 bits per heavy atom. The SMILES string of the molecule is CCC(C)C1OC(=O)C(C(C)C)N(C)C(=O)C(C(C)(O)CC)OC(=O)C(C(C)C)N(C)C(=O)C(C(C)C)OC(=O)C(C(C)C)N(C)C1=O.